The SMILES string of the molecule is OC1CCC(CNCc2ccc3c(c2)CCO3)CC1. The fraction of sp³-hybridized carbons (Fsp3) is 0.625. The van der Waals surface area contributed by atoms with Crippen molar-refractivity contribution in [1.82, 2.24) is 5.32 Å². The molecule has 104 valence electrons. The molecule has 3 rings (SSSR count). The van der Waals surface area contributed by atoms with Gasteiger partial charge in [-0.3, -0.25) is 0 Å². The van der Waals surface area contributed by atoms with Crippen LogP contribution in [-0.2, 0) is 13.0 Å². The quantitative estimate of drug-likeness (QED) is 0.873. The Labute approximate surface area is 115 Å². The average Bonchev–Trinajstić information content (AvgIpc) is 2.88. The first-order chi connectivity index (χ1) is 9.31. The zero-order valence-corrected chi connectivity index (χ0v) is 11.4. The molecule has 3 heteroatoms. The Balaban J connectivity index is 1.45. The number of ether oxygens (including phenoxy) is 1. The van der Waals surface area contributed by atoms with Crippen LogP contribution in [0.25, 0.3) is 0 Å². The summed E-state index contributed by atoms with van der Waals surface area (Å²) >= 11 is 0. The molecule has 0 unspecified atom stereocenters. The predicted molar refractivity (Wildman–Crippen MR) is 75.3 cm³/mol. The second-order valence-corrected chi connectivity index (χ2v) is 5.85. The topological polar surface area (TPSA) is 41.5 Å². The standard InChI is InChI=1S/C16H23NO2/c18-15-4-1-12(2-5-15)10-17-11-13-3-6-16-14(9-13)7-8-19-16/h3,6,9,12,15,17-18H,1-2,4-5,7-8,10-11H2. The summed E-state index contributed by atoms with van der Waals surface area (Å²) in [6.45, 7) is 2.84. The van der Waals surface area contributed by atoms with Gasteiger partial charge in [-0.2, -0.15) is 0 Å². The maximum atomic E-state index is 9.49. The summed E-state index contributed by atoms with van der Waals surface area (Å²) in [5.41, 5.74) is 2.69. The molecule has 1 aliphatic carbocycles. The molecule has 3 nitrogen and oxygen atoms in total. The third-order valence-corrected chi connectivity index (χ3v) is 4.33. The van der Waals surface area contributed by atoms with Crippen molar-refractivity contribution >= 4 is 0 Å². The molecule has 1 saturated carbocycles. The Bertz CT molecular complexity index is 425. The van der Waals surface area contributed by atoms with Crippen LogP contribution in [0.3, 0.4) is 0 Å². The molecule has 0 radical (unpaired) electrons. The number of benzene rings is 1. The largest absolute Gasteiger partial charge is 0.493 e. The zero-order valence-electron chi connectivity index (χ0n) is 11.4. The van der Waals surface area contributed by atoms with E-state index < -0.39 is 0 Å². The third-order valence-electron chi connectivity index (χ3n) is 4.33. The van der Waals surface area contributed by atoms with Gasteiger partial charge in [0.25, 0.3) is 0 Å². The highest BCUT2D eigenvalue weighted by Crippen LogP contribution is 2.26. The smallest absolute Gasteiger partial charge is 0.122 e. The van der Waals surface area contributed by atoms with E-state index in [9.17, 15) is 5.11 Å². The van der Waals surface area contributed by atoms with Crippen LogP contribution in [0, 0.1) is 5.92 Å². The molecule has 19 heavy (non-hydrogen) atoms. The summed E-state index contributed by atoms with van der Waals surface area (Å²) in [4.78, 5) is 0. The van der Waals surface area contributed by atoms with Gasteiger partial charge in [-0.15, -0.1) is 0 Å². The molecule has 1 aliphatic heterocycles. The predicted octanol–water partition coefficient (Wildman–Crippen LogP) is 2.26. The van der Waals surface area contributed by atoms with Gasteiger partial charge in [-0.05, 0) is 55.3 Å². The molecule has 2 N–H and O–H groups in total. The minimum Gasteiger partial charge on any atom is -0.493 e. The van der Waals surface area contributed by atoms with E-state index in [0.29, 0.717) is 0 Å². The molecule has 1 heterocycles. The van der Waals surface area contributed by atoms with Gasteiger partial charge in [0, 0.05) is 13.0 Å². The van der Waals surface area contributed by atoms with Crippen molar-refractivity contribution in [3.63, 3.8) is 0 Å². The highest BCUT2D eigenvalue weighted by molar-refractivity contribution is 5.39. The second kappa shape index (κ2) is 5.93. The fourth-order valence-electron chi connectivity index (χ4n) is 3.12. The monoisotopic (exact) mass is 261 g/mol. The normalized spacial score (nSPS) is 25.9. The van der Waals surface area contributed by atoms with Gasteiger partial charge in [0.1, 0.15) is 5.75 Å². The minimum atomic E-state index is -0.0482. The average molecular weight is 261 g/mol. The summed E-state index contributed by atoms with van der Waals surface area (Å²) in [5.74, 6) is 1.80. The van der Waals surface area contributed by atoms with E-state index in [1.807, 2.05) is 0 Å². The van der Waals surface area contributed by atoms with Crippen LogP contribution in [0.15, 0.2) is 18.2 Å². The number of rotatable bonds is 4. The van der Waals surface area contributed by atoms with Gasteiger partial charge in [-0.1, -0.05) is 12.1 Å². The second-order valence-electron chi connectivity index (χ2n) is 5.85. The molecule has 2 aliphatic rings. The van der Waals surface area contributed by atoms with E-state index in [1.165, 1.54) is 11.1 Å². The molecule has 1 aromatic rings. The Morgan fingerprint density at radius 1 is 1.21 bits per heavy atom. The van der Waals surface area contributed by atoms with Gasteiger partial charge in [0.15, 0.2) is 0 Å². The van der Waals surface area contributed by atoms with Crippen LogP contribution < -0.4 is 10.1 Å². The molecule has 0 aromatic heterocycles. The molecular weight excluding hydrogens is 238 g/mol. The van der Waals surface area contributed by atoms with Crippen LogP contribution >= 0.6 is 0 Å². The van der Waals surface area contributed by atoms with Crippen LogP contribution in [0.1, 0.15) is 36.8 Å². The first-order valence-electron chi connectivity index (χ1n) is 7.44. The van der Waals surface area contributed by atoms with Gasteiger partial charge in [0.05, 0.1) is 12.7 Å². The van der Waals surface area contributed by atoms with E-state index >= 15 is 0 Å². The molecule has 0 spiro atoms. The zero-order chi connectivity index (χ0) is 13.1. The Kier molecular flexibility index (Phi) is 4.04. The Hall–Kier alpha value is -1.06. The molecular formula is C16H23NO2. The molecule has 1 aromatic carbocycles. The first kappa shape index (κ1) is 12.9. The van der Waals surface area contributed by atoms with E-state index in [0.717, 1.165) is 63.5 Å². The molecule has 0 bridgehead atoms. The summed E-state index contributed by atoms with van der Waals surface area (Å²) in [7, 11) is 0. The van der Waals surface area contributed by atoms with Crippen LogP contribution in [0.2, 0.25) is 0 Å². The summed E-state index contributed by atoms with van der Waals surface area (Å²) in [6.07, 6.45) is 5.26. The maximum Gasteiger partial charge on any atom is 0.122 e. The number of nitrogens with one attached hydrogen (secondary N) is 1. The van der Waals surface area contributed by atoms with Gasteiger partial charge in [-0.25, -0.2) is 0 Å². The Morgan fingerprint density at radius 3 is 2.89 bits per heavy atom. The van der Waals surface area contributed by atoms with Crippen molar-refractivity contribution in [1.29, 1.82) is 0 Å². The van der Waals surface area contributed by atoms with Crippen molar-refractivity contribution in [3.05, 3.63) is 29.3 Å². The number of fused-ring (bicyclic) bond motifs is 1. The van der Waals surface area contributed by atoms with E-state index in [-0.39, 0.29) is 6.10 Å². The van der Waals surface area contributed by atoms with Crippen LogP contribution in [-0.4, -0.2) is 24.4 Å². The molecule has 0 saturated heterocycles. The van der Waals surface area contributed by atoms with Crippen molar-refractivity contribution in [2.45, 2.75) is 44.8 Å². The number of aliphatic hydroxyl groups is 1. The van der Waals surface area contributed by atoms with Crippen LogP contribution in [0.5, 0.6) is 5.75 Å². The molecule has 0 atom stereocenters. The highest BCUT2D eigenvalue weighted by atomic mass is 16.5. The van der Waals surface area contributed by atoms with Crippen molar-refractivity contribution in [2.24, 2.45) is 5.92 Å². The minimum absolute atomic E-state index is 0.0482. The van der Waals surface area contributed by atoms with Gasteiger partial charge < -0.3 is 15.2 Å². The Morgan fingerprint density at radius 2 is 2.05 bits per heavy atom. The number of aliphatic hydroxyl groups excluding tert-OH is 1. The lowest BCUT2D eigenvalue weighted by Gasteiger charge is -2.25. The lowest BCUT2D eigenvalue weighted by Crippen LogP contribution is -2.27. The van der Waals surface area contributed by atoms with Gasteiger partial charge >= 0.3 is 0 Å². The lowest BCUT2D eigenvalue weighted by molar-refractivity contribution is 0.108. The fourth-order valence-corrected chi connectivity index (χ4v) is 3.12. The number of hydrogen-bond donors (Lipinski definition) is 2. The third kappa shape index (κ3) is 3.28. The van der Waals surface area contributed by atoms with E-state index in [2.05, 4.69) is 23.5 Å². The van der Waals surface area contributed by atoms with Crippen molar-refractivity contribution < 1.29 is 9.84 Å². The lowest BCUT2D eigenvalue weighted by atomic mass is 9.87. The van der Waals surface area contributed by atoms with E-state index in [4.69, 9.17) is 4.74 Å². The molecule has 0 amide bonds. The van der Waals surface area contributed by atoms with Crippen LogP contribution in [0.4, 0.5) is 0 Å². The van der Waals surface area contributed by atoms with E-state index in [1.54, 1.807) is 0 Å². The van der Waals surface area contributed by atoms with Crippen molar-refractivity contribution in [2.75, 3.05) is 13.2 Å². The summed E-state index contributed by atoms with van der Waals surface area (Å²) in [6, 6.07) is 6.51. The molecule has 1 fully saturated rings. The number of hydrogen-bond acceptors (Lipinski definition) is 3. The first-order valence-corrected chi connectivity index (χ1v) is 7.44. The summed E-state index contributed by atoms with van der Waals surface area (Å²) < 4.78 is 5.52. The summed E-state index contributed by atoms with van der Waals surface area (Å²) in [5, 5.41) is 13.0. The maximum absolute atomic E-state index is 9.49. The highest BCUT2D eigenvalue weighted by Gasteiger charge is 2.18. The van der Waals surface area contributed by atoms with Gasteiger partial charge in [0.2, 0.25) is 0 Å². The van der Waals surface area contributed by atoms with Crippen molar-refractivity contribution in [3.8, 4) is 5.75 Å².